The second kappa shape index (κ2) is 13.1. The zero-order chi connectivity index (χ0) is 20.9. The van der Waals surface area contributed by atoms with Gasteiger partial charge in [0.15, 0.2) is 0 Å². The lowest BCUT2D eigenvalue weighted by Crippen LogP contribution is -2.59. The van der Waals surface area contributed by atoms with Crippen molar-refractivity contribution in [3.8, 4) is 0 Å². The van der Waals surface area contributed by atoms with Gasteiger partial charge in [-0.15, -0.1) is 13.2 Å². The van der Waals surface area contributed by atoms with Gasteiger partial charge in [-0.25, -0.2) is 0 Å². The average molecular weight is 395 g/mol. The summed E-state index contributed by atoms with van der Waals surface area (Å²) >= 11 is 0. The van der Waals surface area contributed by atoms with Gasteiger partial charge in [0.05, 0.1) is 12.8 Å². The number of aliphatic hydroxyl groups is 2. The molecule has 0 aliphatic carbocycles. The molecule has 4 heteroatoms. The lowest BCUT2D eigenvalue weighted by atomic mass is 9.97. The molecule has 0 saturated carbocycles. The molecule has 0 radical (unpaired) electrons. The van der Waals surface area contributed by atoms with Gasteiger partial charge in [0.2, 0.25) is 0 Å². The van der Waals surface area contributed by atoms with E-state index in [9.17, 15) is 5.11 Å². The Balaban J connectivity index is 0.000000278. The maximum atomic E-state index is 10.5. The number of rotatable bonds is 8. The maximum Gasteiger partial charge on any atom is 0.0826 e. The first-order valence-corrected chi connectivity index (χ1v) is 10.2. The molecule has 1 heterocycles. The molecule has 1 aliphatic heterocycles. The summed E-state index contributed by atoms with van der Waals surface area (Å²) in [5.74, 6) is 0. The summed E-state index contributed by atoms with van der Waals surface area (Å²) in [5.41, 5.74) is 2.46. The summed E-state index contributed by atoms with van der Waals surface area (Å²) in [6.07, 6.45) is 5.08. The first-order chi connectivity index (χ1) is 14.2. The molecule has 0 aromatic heterocycles. The fourth-order valence-corrected chi connectivity index (χ4v) is 3.62. The van der Waals surface area contributed by atoms with Crippen LogP contribution in [0.4, 0.5) is 0 Å². The van der Waals surface area contributed by atoms with Crippen molar-refractivity contribution >= 4 is 0 Å². The Hall–Kier alpha value is -2.24. The Kier molecular flexibility index (Phi) is 10.4. The van der Waals surface area contributed by atoms with Crippen molar-refractivity contribution < 1.29 is 10.2 Å². The predicted octanol–water partition coefficient (Wildman–Crippen LogP) is 3.13. The van der Waals surface area contributed by atoms with Crippen molar-refractivity contribution in [2.24, 2.45) is 0 Å². The van der Waals surface area contributed by atoms with Gasteiger partial charge in [-0.05, 0) is 24.0 Å². The molecule has 0 bridgehead atoms. The number of aliphatic hydroxyl groups excluding tert-OH is 2. The molecule has 2 unspecified atom stereocenters. The molecular formula is C25H34N2O2. The quantitative estimate of drug-likeness (QED) is 0.676. The van der Waals surface area contributed by atoms with Gasteiger partial charge >= 0.3 is 0 Å². The second-order valence-corrected chi connectivity index (χ2v) is 7.31. The van der Waals surface area contributed by atoms with E-state index in [-0.39, 0.29) is 18.8 Å². The molecule has 1 saturated heterocycles. The molecular weight excluding hydrogens is 360 g/mol. The van der Waals surface area contributed by atoms with Crippen LogP contribution in [0.5, 0.6) is 0 Å². The summed E-state index contributed by atoms with van der Waals surface area (Å²) in [4.78, 5) is 4.50. The van der Waals surface area contributed by atoms with E-state index in [1.54, 1.807) is 0 Å². The minimum Gasteiger partial charge on any atom is -0.396 e. The zero-order valence-corrected chi connectivity index (χ0v) is 17.2. The third-order valence-corrected chi connectivity index (χ3v) is 5.02. The van der Waals surface area contributed by atoms with Gasteiger partial charge in [-0.3, -0.25) is 9.80 Å². The largest absolute Gasteiger partial charge is 0.396 e. The monoisotopic (exact) mass is 394 g/mol. The Morgan fingerprint density at radius 2 is 1.48 bits per heavy atom. The summed E-state index contributed by atoms with van der Waals surface area (Å²) in [7, 11) is 0. The number of hydrogen-bond donors (Lipinski definition) is 2. The summed E-state index contributed by atoms with van der Waals surface area (Å²) in [6, 6.07) is 20.5. The third-order valence-electron chi connectivity index (χ3n) is 5.02. The highest BCUT2D eigenvalue weighted by Crippen LogP contribution is 2.19. The van der Waals surface area contributed by atoms with Crippen LogP contribution in [0.1, 0.15) is 11.1 Å². The Labute approximate surface area is 175 Å². The van der Waals surface area contributed by atoms with Crippen LogP contribution in [0, 0.1) is 0 Å². The summed E-state index contributed by atoms with van der Waals surface area (Å²) < 4.78 is 0. The Bertz CT molecular complexity index is 705. The molecule has 0 spiro atoms. The van der Waals surface area contributed by atoms with Crippen molar-refractivity contribution in [1.82, 2.24) is 9.80 Å². The van der Waals surface area contributed by atoms with E-state index < -0.39 is 0 Å². The average Bonchev–Trinajstić information content (AvgIpc) is 2.73. The molecule has 4 nitrogen and oxygen atoms in total. The molecule has 156 valence electrons. The molecule has 1 fully saturated rings. The Morgan fingerprint density at radius 3 is 2.03 bits per heavy atom. The fraction of sp³-hybridized carbons (Fsp3) is 0.360. The predicted molar refractivity (Wildman–Crippen MR) is 121 cm³/mol. The van der Waals surface area contributed by atoms with Crippen LogP contribution in [0.2, 0.25) is 0 Å². The van der Waals surface area contributed by atoms with Gasteiger partial charge in [-0.1, -0.05) is 72.8 Å². The van der Waals surface area contributed by atoms with Crippen LogP contribution in [0.3, 0.4) is 0 Å². The van der Waals surface area contributed by atoms with Crippen LogP contribution in [-0.2, 0) is 12.8 Å². The Morgan fingerprint density at radius 1 is 0.897 bits per heavy atom. The molecule has 2 N–H and O–H groups in total. The van der Waals surface area contributed by atoms with Crippen molar-refractivity contribution in [2.75, 3.05) is 32.9 Å². The van der Waals surface area contributed by atoms with Gasteiger partial charge in [-0.2, -0.15) is 0 Å². The van der Waals surface area contributed by atoms with E-state index >= 15 is 0 Å². The maximum absolute atomic E-state index is 10.5. The van der Waals surface area contributed by atoms with Gasteiger partial charge in [0, 0.05) is 32.3 Å². The van der Waals surface area contributed by atoms with Crippen molar-refractivity contribution in [2.45, 2.75) is 25.0 Å². The van der Waals surface area contributed by atoms with E-state index in [1.807, 2.05) is 60.7 Å². The van der Waals surface area contributed by atoms with E-state index in [2.05, 4.69) is 35.1 Å². The minimum absolute atomic E-state index is 0.150. The van der Waals surface area contributed by atoms with E-state index in [4.69, 9.17) is 5.11 Å². The van der Waals surface area contributed by atoms with E-state index in [1.165, 1.54) is 11.1 Å². The second-order valence-electron chi connectivity index (χ2n) is 7.31. The lowest BCUT2D eigenvalue weighted by Gasteiger charge is -2.44. The lowest BCUT2D eigenvalue weighted by molar-refractivity contribution is -0.0434. The molecule has 2 aromatic rings. The van der Waals surface area contributed by atoms with Crippen LogP contribution in [0.15, 0.2) is 86.0 Å². The van der Waals surface area contributed by atoms with Gasteiger partial charge in [0.1, 0.15) is 0 Å². The number of β-amino-alcohol motifs (C(OH)–C–C–N with tert-alkyl or cyclic N) is 1. The number of hydrogen-bond acceptors (Lipinski definition) is 4. The van der Waals surface area contributed by atoms with Crippen LogP contribution in [0.25, 0.3) is 0 Å². The molecule has 0 amide bonds. The van der Waals surface area contributed by atoms with Gasteiger partial charge < -0.3 is 10.2 Å². The molecule has 1 aliphatic rings. The first-order valence-electron chi connectivity index (χ1n) is 10.2. The molecule has 3 rings (SSSR count). The standard InChI is InChI=1S/C17H24N2O.C8H10O/c1-3-10-18-13-17(20)16(19(14-18)11-4-2)12-15-8-6-5-7-9-15;9-7-6-8-4-2-1-3-5-8/h3-9,16-17,20H,1-2,10-14H2;1-5,9H,6-7H2. The number of benzene rings is 2. The topological polar surface area (TPSA) is 46.9 Å². The van der Waals surface area contributed by atoms with Gasteiger partial charge in [0.25, 0.3) is 0 Å². The molecule has 2 atom stereocenters. The molecule has 29 heavy (non-hydrogen) atoms. The summed E-state index contributed by atoms with van der Waals surface area (Å²) in [5, 5.41) is 19.0. The van der Waals surface area contributed by atoms with Crippen LogP contribution >= 0.6 is 0 Å². The zero-order valence-electron chi connectivity index (χ0n) is 17.2. The van der Waals surface area contributed by atoms with Crippen molar-refractivity contribution in [3.63, 3.8) is 0 Å². The smallest absolute Gasteiger partial charge is 0.0826 e. The van der Waals surface area contributed by atoms with Crippen molar-refractivity contribution in [3.05, 3.63) is 97.1 Å². The highest BCUT2D eigenvalue weighted by Gasteiger charge is 2.32. The fourth-order valence-electron chi connectivity index (χ4n) is 3.62. The van der Waals surface area contributed by atoms with E-state index in [0.29, 0.717) is 6.54 Å². The molecule has 2 aromatic carbocycles. The highest BCUT2D eigenvalue weighted by molar-refractivity contribution is 5.17. The first kappa shape index (κ1) is 23.0. The summed E-state index contributed by atoms with van der Waals surface area (Å²) in [6.45, 7) is 11.0. The van der Waals surface area contributed by atoms with Crippen LogP contribution in [-0.4, -0.2) is 65.1 Å². The highest BCUT2D eigenvalue weighted by atomic mass is 16.3. The third kappa shape index (κ3) is 7.95. The van der Waals surface area contributed by atoms with Crippen molar-refractivity contribution in [1.29, 1.82) is 0 Å². The minimum atomic E-state index is -0.344. The normalized spacial score (nSPS) is 19.8. The van der Waals surface area contributed by atoms with Crippen LogP contribution < -0.4 is 0 Å². The SMILES string of the molecule is C=CCN1CC(O)C(Cc2ccccc2)N(CC=C)C1.OCCc1ccccc1. The number of nitrogens with zero attached hydrogens (tertiary/aromatic N) is 2. The van der Waals surface area contributed by atoms with E-state index in [0.717, 1.165) is 32.6 Å².